The molecule has 1 fully saturated rings. The second kappa shape index (κ2) is 7.98. The lowest BCUT2D eigenvalue weighted by atomic mass is 9.81. The van der Waals surface area contributed by atoms with E-state index in [4.69, 9.17) is 4.74 Å². The van der Waals surface area contributed by atoms with Gasteiger partial charge in [-0.25, -0.2) is 0 Å². The number of rotatable bonds is 7. The van der Waals surface area contributed by atoms with E-state index in [0.29, 0.717) is 12.1 Å². The molecule has 0 radical (unpaired) electrons. The van der Waals surface area contributed by atoms with Crippen molar-refractivity contribution in [1.29, 1.82) is 0 Å². The van der Waals surface area contributed by atoms with Crippen molar-refractivity contribution in [3.63, 3.8) is 0 Å². The molecule has 2 unspecified atom stereocenters. The van der Waals surface area contributed by atoms with Gasteiger partial charge in [0.2, 0.25) is 0 Å². The lowest BCUT2D eigenvalue weighted by Gasteiger charge is -2.35. The number of nitrogens with zero attached hydrogens (tertiary/aromatic N) is 1. The zero-order chi connectivity index (χ0) is 13.5. The van der Waals surface area contributed by atoms with E-state index in [1.165, 1.54) is 37.0 Å². The summed E-state index contributed by atoms with van der Waals surface area (Å²) in [4.78, 5) is 5.53. The number of methoxy groups -OCH3 is 1. The fourth-order valence-corrected chi connectivity index (χ4v) is 3.93. The molecule has 0 saturated heterocycles. The lowest BCUT2D eigenvalue weighted by Crippen LogP contribution is -2.46. The zero-order valence-corrected chi connectivity index (χ0v) is 12.9. The molecule has 108 valence electrons. The minimum absolute atomic E-state index is 0.336. The topological polar surface area (TPSA) is 34.2 Å². The molecule has 1 aromatic rings. The fraction of sp³-hybridized carbons (Fsp3) is 0.800. The van der Waals surface area contributed by atoms with Crippen molar-refractivity contribution < 1.29 is 4.74 Å². The summed E-state index contributed by atoms with van der Waals surface area (Å²) >= 11 is 1.74. The highest BCUT2D eigenvalue weighted by Crippen LogP contribution is 2.30. The van der Waals surface area contributed by atoms with Crippen LogP contribution in [0.1, 0.15) is 43.9 Å². The van der Waals surface area contributed by atoms with Crippen molar-refractivity contribution in [2.24, 2.45) is 5.92 Å². The first kappa shape index (κ1) is 14.9. The van der Waals surface area contributed by atoms with Gasteiger partial charge in [0.05, 0.1) is 11.6 Å². The number of thiazole rings is 1. The normalized spacial score (nSPS) is 20.3. The zero-order valence-electron chi connectivity index (χ0n) is 12.1. The Morgan fingerprint density at radius 3 is 2.79 bits per heavy atom. The van der Waals surface area contributed by atoms with Gasteiger partial charge in [-0.3, -0.25) is 4.98 Å². The van der Waals surface area contributed by atoms with E-state index in [-0.39, 0.29) is 0 Å². The number of aromatic nitrogens is 1. The lowest BCUT2D eigenvalue weighted by molar-refractivity contribution is 0.00886. The van der Waals surface area contributed by atoms with E-state index in [0.717, 1.165) is 18.9 Å². The van der Waals surface area contributed by atoms with Crippen LogP contribution >= 0.6 is 11.3 Å². The minimum atomic E-state index is 0.336. The van der Waals surface area contributed by atoms with Crippen LogP contribution in [0.2, 0.25) is 0 Å². The molecule has 4 heteroatoms. The molecular formula is C15H26N2OS. The van der Waals surface area contributed by atoms with Crippen molar-refractivity contribution in [2.75, 3.05) is 13.7 Å². The molecule has 3 nitrogen and oxygen atoms in total. The smallest absolute Gasteiger partial charge is 0.0794 e. The Morgan fingerprint density at radius 1 is 1.42 bits per heavy atom. The van der Waals surface area contributed by atoms with Crippen molar-refractivity contribution in [1.82, 2.24) is 10.3 Å². The van der Waals surface area contributed by atoms with Gasteiger partial charge in [-0.05, 0) is 25.3 Å². The summed E-state index contributed by atoms with van der Waals surface area (Å²) in [5.74, 6) is 0.718. The summed E-state index contributed by atoms with van der Waals surface area (Å²) in [6.45, 7) is 3.17. The Morgan fingerprint density at radius 2 is 2.21 bits per heavy atom. The van der Waals surface area contributed by atoms with Crippen LogP contribution in [0.4, 0.5) is 0 Å². The van der Waals surface area contributed by atoms with Crippen LogP contribution in [0.25, 0.3) is 0 Å². The highest BCUT2D eigenvalue weighted by Gasteiger charge is 2.30. The molecule has 1 aliphatic rings. The van der Waals surface area contributed by atoms with Gasteiger partial charge in [-0.2, -0.15) is 0 Å². The van der Waals surface area contributed by atoms with Gasteiger partial charge in [0, 0.05) is 30.6 Å². The van der Waals surface area contributed by atoms with Crippen LogP contribution in [0.15, 0.2) is 11.7 Å². The quantitative estimate of drug-likeness (QED) is 0.833. The molecule has 1 aliphatic carbocycles. The van der Waals surface area contributed by atoms with Crippen LogP contribution in [-0.2, 0) is 11.2 Å². The van der Waals surface area contributed by atoms with Gasteiger partial charge in [0.1, 0.15) is 0 Å². The number of likely N-dealkylation sites (N-methyl/N-ethyl adjacent to an activating group) is 1. The average Bonchev–Trinajstić information content (AvgIpc) is 2.94. The minimum Gasteiger partial charge on any atom is -0.380 e. The third-order valence-electron chi connectivity index (χ3n) is 4.15. The Bertz CT molecular complexity index is 336. The number of ether oxygens (including phenoxy) is 1. The van der Waals surface area contributed by atoms with Crippen molar-refractivity contribution in [3.8, 4) is 0 Å². The maximum Gasteiger partial charge on any atom is 0.0794 e. The van der Waals surface area contributed by atoms with Gasteiger partial charge in [-0.15, -0.1) is 11.3 Å². The molecule has 0 aliphatic heterocycles. The summed E-state index contributed by atoms with van der Waals surface area (Å²) < 4.78 is 5.87. The van der Waals surface area contributed by atoms with Crippen LogP contribution in [-0.4, -0.2) is 30.8 Å². The third-order valence-corrected chi connectivity index (χ3v) is 4.96. The van der Waals surface area contributed by atoms with Gasteiger partial charge in [0.15, 0.2) is 0 Å². The van der Waals surface area contributed by atoms with E-state index in [1.807, 2.05) is 18.8 Å². The number of hydrogen-bond donors (Lipinski definition) is 1. The molecule has 0 bridgehead atoms. The second-order valence-electron chi connectivity index (χ2n) is 5.43. The third kappa shape index (κ3) is 4.26. The molecule has 1 heterocycles. The van der Waals surface area contributed by atoms with Crippen molar-refractivity contribution in [3.05, 3.63) is 16.6 Å². The monoisotopic (exact) mass is 282 g/mol. The van der Waals surface area contributed by atoms with E-state index in [1.54, 1.807) is 11.3 Å². The predicted octanol–water partition coefficient (Wildman–Crippen LogP) is 3.26. The maximum atomic E-state index is 5.87. The molecule has 1 saturated carbocycles. The Hall–Kier alpha value is -0.450. The highest BCUT2D eigenvalue weighted by molar-refractivity contribution is 7.09. The highest BCUT2D eigenvalue weighted by atomic mass is 32.1. The summed E-state index contributed by atoms with van der Waals surface area (Å²) in [6.07, 6.45) is 10.1. The first-order chi connectivity index (χ1) is 9.35. The van der Waals surface area contributed by atoms with Gasteiger partial charge >= 0.3 is 0 Å². The molecule has 2 rings (SSSR count). The van der Waals surface area contributed by atoms with Gasteiger partial charge in [-0.1, -0.05) is 26.2 Å². The summed E-state index contributed by atoms with van der Waals surface area (Å²) in [6, 6.07) is 0.415. The number of hydrogen-bond acceptors (Lipinski definition) is 4. The average molecular weight is 282 g/mol. The molecule has 0 amide bonds. The fourth-order valence-electron chi connectivity index (χ4n) is 3.27. The Balaban J connectivity index is 2.01. The largest absolute Gasteiger partial charge is 0.380 e. The molecule has 2 atom stereocenters. The molecular weight excluding hydrogens is 256 g/mol. The second-order valence-corrected chi connectivity index (χ2v) is 6.41. The van der Waals surface area contributed by atoms with Crippen LogP contribution in [0, 0.1) is 5.92 Å². The maximum absolute atomic E-state index is 5.87. The van der Waals surface area contributed by atoms with Crippen LogP contribution < -0.4 is 5.32 Å². The molecule has 1 aromatic heterocycles. The standard InChI is InChI=1S/C15H26N2OS/c1-3-17-14(9-13-10-16-11-19-13)15(18-2)12-7-5-4-6-8-12/h10-12,14-15,17H,3-9H2,1-2H3. The predicted molar refractivity (Wildman–Crippen MR) is 80.7 cm³/mol. The van der Waals surface area contributed by atoms with Gasteiger partial charge < -0.3 is 10.1 Å². The first-order valence-electron chi connectivity index (χ1n) is 7.48. The first-order valence-corrected chi connectivity index (χ1v) is 8.36. The van der Waals surface area contributed by atoms with E-state index in [9.17, 15) is 0 Å². The molecule has 19 heavy (non-hydrogen) atoms. The Labute approximate surface area is 120 Å². The SMILES string of the molecule is CCNC(Cc1cncs1)C(OC)C1CCCCC1. The van der Waals surface area contributed by atoms with Crippen molar-refractivity contribution in [2.45, 2.75) is 57.6 Å². The van der Waals surface area contributed by atoms with E-state index >= 15 is 0 Å². The van der Waals surface area contributed by atoms with Crippen molar-refractivity contribution >= 4 is 11.3 Å². The van der Waals surface area contributed by atoms with E-state index in [2.05, 4.69) is 17.2 Å². The summed E-state index contributed by atoms with van der Waals surface area (Å²) in [7, 11) is 1.87. The van der Waals surface area contributed by atoms with Gasteiger partial charge in [0.25, 0.3) is 0 Å². The molecule has 0 aromatic carbocycles. The summed E-state index contributed by atoms with van der Waals surface area (Å²) in [5.41, 5.74) is 1.92. The van der Waals surface area contributed by atoms with E-state index < -0.39 is 0 Å². The summed E-state index contributed by atoms with van der Waals surface area (Å²) in [5, 5.41) is 3.62. The Kier molecular flexibility index (Phi) is 6.28. The molecule has 1 N–H and O–H groups in total. The van der Waals surface area contributed by atoms with Crippen LogP contribution in [0.5, 0.6) is 0 Å². The molecule has 0 spiro atoms. The number of nitrogens with one attached hydrogen (secondary N) is 1. The van der Waals surface area contributed by atoms with Crippen LogP contribution in [0.3, 0.4) is 0 Å².